The number of nitrogens with zero attached hydrogens (tertiary/aromatic N) is 2. The van der Waals surface area contributed by atoms with E-state index in [4.69, 9.17) is 5.73 Å². The standard InChI is InChI=1S/C16H21N3O/c17-16-13-5-3-9-18-14(13)6-7-15(16)19-10-2-1-4-12(19)8-11-20/h3,5-7,9,12,20H,1-2,4,8,10-11,17H2. The lowest BCUT2D eigenvalue weighted by Gasteiger charge is -2.38. The lowest BCUT2D eigenvalue weighted by Crippen LogP contribution is -2.40. The number of piperidine rings is 1. The summed E-state index contributed by atoms with van der Waals surface area (Å²) in [5, 5.41) is 10.3. The minimum absolute atomic E-state index is 0.232. The summed E-state index contributed by atoms with van der Waals surface area (Å²) in [6, 6.07) is 8.44. The fourth-order valence-electron chi connectivity index (χ4n) is 3.18. The van der Waals surface area contributed by atoms with E-state index < -0.39 is 0 Å². The molecule has 4 nitrogen and oxygen atoms in total. The van der Waals surface area contributed by atoms with Crippen molar-refractivity contribution in [1.29, 1.82) is 0 Å². The van der Waals surface area contributed by atoms with Crippen molar-refractivity contribution in [3.8, 4) is 0 Å². The van der Waals surface area contributed by atoms with E-state index >= 15 is 0 Å². The average molecular weight is 271 g/mol. The van der Waals surface area contributed by atoms with Crippen LogP contribution in [0.1, 0.15) is 25.7 Å². The highest BCUT2D eigenvalue weighted by Gasteiger charge is 2.24. The van der Waals surface area contributed by atoms with Gasteiger partial charge in [0.1, 0.15) is 0 Å². The third kappa shape index (κ3) is 2.31. The van der Waals surface area contributed by atoms with E-state index in [1.165, 1.54) is 12.8 Å². The molecule has 1 aliphatic heterocycles. The lowest BCUT2D eigenvalue weighted by molar-refractivity contribution is 0.262. The zero-order valence-electron chi connectivity index (χ0n) is 11.6. The molecule has 1 aromatic heterocycles. The number of benzene rings is 1. The van der Waals surface area contributed by atoms with Crippen LogP contribution in [0.3, 0.4) is 0 Å². The van der Waals surface area contributed by atoms with Crippen molar-refractivity contribution in [2.45, 2.75) is 31.7 Å². The SMILES string of the molecule is Nc1c(N2CCCCC2CCO)ccc2ncccc12. The molecule has 0 spiro atoms. The maximum absolute atomic E-state index is 9.26. The second-order valence-electron chi connectivity index (χ2n) is 5.42. The van der Waals surface area contributed by atoms with E-state index in [9.17, 15) is 5.11 Å². The molecule has 2 heterocycles. The summed E-state index contributed by atoms with van der Waals surface area (Å²) in [6.07, 6.45) is 6.15. The molecule has 2 aromatic rings. The van der Waals surface area contributed by atoms with E-state index in [-0.39, 0.29) is 6.61 Å². The highest BCUT2D eigenvalue weighted by Crippen LogP contribution is 2.34. The molecule has 0 radical (unpaired) electrons. The van der Waals surface area contributed by atoms with Crippen LogP contribution in [0.15, 0.2) is 30.5 Å². The first-order chi connectivity index (χ1) is 9.81. The number of anilines is 2. The minimum Gasteiger partial charge on any atom is -0.396 e. The van der Waals surface area contributed by atoms with Gasteiger partial charge < -0.3 is 15.7 Å². The number of rotatable bonds is 3. The van der Waals surface area contributed by atoms with Crippen LogP contribution in [0.5, 0.6) is 0 Å². The third-order valence-electron chi connectivity index (χ3n) is 4.20. The van der Waals surface area contributed by atoms with Crippen molar-refractivity contribution in [3.63, 3.8) is 0 Å². The van der Waals surface area contributed by atoms with Gasteiger partial charge in [0.25, 0.3) is 0 Å². The molecule has 3 rings (SSSR count). The van der Waals surface area contributed by atoms with Gasteiger partial charge in [-0.05, 0) is 49.9 Å². The third-order valence-corrected chi connectivity index (χ3v) is 4.20. The van der Waals surface area contributed by atoms with Crippen LogP contribution < -0.4 is 10.6 Å². The highest BCUT2D eigenvalue weighted by atomic mass is 16.3. The van der Waals surface area contributed by atoms with Crippen molar-refractivity contribution in [3.05, 3.63) is 30.5 Å². The molecular weight excluding hydrogens is 250 g/mol. The molecule has 1 unspecified atom stereocenters. The molecule has 0 aliphatic carbocycles. The maximum Gasteiger partial charge on any atom is 0.0724 e. The molecule has 1 fully saturated rings. The van der Waals surface area contributed by atoms with E-state index in [1.807, 2.05) is 18.2 Å². The van der Waals surface area contributed by atoms with E-state index in [1.54, 1.807) is 6.20 Å². The summed E-state index contributed by atoms with van der Waals surface area (Å²) in [7, 11) is 0. The predicted octanol–water partition coefficient (Wildman–Crippen LogP) is 2.56. The number of fused-ring (bicyclic) bond motifs is 1. The second-order valence-corrected chi connectivity index (χ2v) is 5.42. The van der Waals surface area contributed by atoms with Gasteiger partial charge in [-0.2, -0.15) is 0 Å². The van der Waals surface area contributed by atoms with Crippen LogP contribution in [0, 0.1) is 0 Å². The topological polar surface area (TPSA) is 62.4 Å². The van der Waals surface area contributed by atoms with E-state index in [2.05, 4.69) is 16.0 Å². The van der Waals surface area contributed by atoms with Gasteiger partial charge in [-0.15, -0.1) is 0 Å². The normalized spacial score (nSPS) is 19.4. The zero-order valence-corrected chi connectivity index (χ0v) is 11.6. The lowest BCUT2D eigenvalue weighted by atomic mass is 9.98. The smallest absolute Gasteiger partial charge is 0.0724 e. The molecule has 0 bridgehead atoms. The first-order valence-corrected chi connectivity index (χ1v) is 7.32. The Morgan fingerprint density at radius 2 is 2.20 bits per heavy atom. The Morgan fingerprint density at radius 1 is 1.30 bits per heavy atom. The van der Waals surface area contributed by atoms with Crippen LogP contribution in [0.2, 0.25) is 0 Å². The maximum atomic E-state index is 9.26. The predicted molar refractivity (Wildman–Crippen MR) is 82.8 cm³/mol. The van der Waals surface area contributed by atoms with Crippen LogP contribution in [0.4, 0.5) is 11.4 Å². The molecule has 0 saturated carbocycles. The Balaban J connectivity index is 2.01. The van der Waals surface area contributed by atoms with Crippen LogP contribution in [-0.4, -0.2) is 29.3 Å². The number of aromatic nitrogens is 1. The van der Waals surface area contributed by atoms with Crippen molar-refractivity contribution in [2.75, 3.05) is 23.8 Å². The van der Waals surface area contributed by atoms with Gasteiger partial charge in [-0.25, -0.2) is 0 Å². The van der Waals surface area contributed by atoms with E-state index in [0.29, 0.717) is 6.04 Å². The van der Waals surface area contributed by atoms with Crippen molar-refractivity contribution in [2.24, 2.45) is 0 Å². The van der Waals surface area contributed by atoms with Crippen molar-refractivity contribution >= 4 is 22.3 Å². The largest absolute Gasteiger partial charge is 0.396 e. The molecular formula is C16H21N3O. The second kappa shape index (κ2) is 5.67. The highest BCUT2D eigenvalue weighted by molar-refractivity contribution is 5.97. The summed E-state index contributed by atoms with van der Waals surface area (Å²) in [4.78, 5) is 6.71. The van der Waals surface area contributed by atoms with Gasteiger partial charge in [-0.3, -0.25) is 4.98 Å². The number of hydrogen-bond donors (Lipinski definition) is 2. The Labute approximate surface area is 119 Å². The summed E-state index contributed by atoms with van der Waals surface area (Å²) in [6.45, 7) is 1.25. The van der Waals surface area contributed by atoms with Crippen LogP contribution in [0.25, 0.3) is 10.9 Å². The Bertz CT molecular complexity index is 597. The van der Waals surface area contributed by atoms with Crippen molar-refractivity contribution in [1.82, 2.24) is 4.98 Å². The molecule has 1 aromatic carbocycles. The number of aliphatic hydroxyl groups excluding tert-OH is 1. The molecule has 3 N–H and O–H groups in total. The first-order valence-electron chi connectivity index (χ1n) is 7.32. The van der Waals surface area contributed by atoms with Gasteiger partial charge in [-0.1, -0.05) is 0 Å². The van der Waals surface area contributed by atoms with E-state index in [0.717, 1.165) is 41.7 Å². The Morgan fingerprint density at radius 3 is 3.05 bits per heavy atom. The average Bonchev–Trinajstić information content (AvgIpc) is 2.49. The summed E-state index contributed by atoms with van der Waals surface area (Å²) in [5.41, 5.74) is 9.19. The van der Waals surface area contributed by atoms with Crippen LogP contribution >= 0.6 is 0 Å². The minimum atomic E-state index is 0.232. The number of nitrogens with two attached hydrogens (primary N) is 1. The molecule has 1 saturated heterocycles. The quantitative estimate of drug-likeness (QED) is 0.842. The molecule has 4 heteroatoms. The van der Waals surface area contributed by atoms with Gasteiger partial charge in [0, 0.05) is 30.8 Å². The monoisotopic (exact) mass is 271 g/mol. The zero-order chi connectivity index (χ0) is 13.9. The molecule has 1 aliphatic rings. The summed E-state index contributed by atoms with van der Waals surface area (Å²) in [5.74, 6) is 0. The Kier molecular flexibility index (Phi) is 3.74. The molecule has 1 atom stereocenters. The van der Waals surface area contributed by atoms with Gasteiger partial charge in [0.15, 0.2) is 0 Å². The van der Waals surface area contributed by atoms with Crippen LogP contribution in [-0.2, 0) is 0 Å². The Hall–Kier alpha value is -1.81. The first kappa shape index (κ1) is 13.2. The van der Waals surface area contributed by atoms with Gasteiger partial charge >= 0.3 is 0 Å². The van der Waals surface area contributed by atoms with Crippen molar-refractivity contribution < 1.29 is 5.11 Å². The number of pyridine rings is 1. The fraction of sp³-hybridized carbons (Fsp3) is 0.438. The van der Waals surface area contributed by atoms with Gasteiger partial charge in [0.05, 0.1) is 16.9 Å². The molecule has 20 heavy (non-hydrogen) atoms. The number of nitrogen functional groups attached to an aromatic ring is 1. The molecule has 106 valence electrons. The van der Waals surface area contributed by atoms with Gasteiger partial charge in [0.2, 0.25) is 0 Å². The fourth-order valence-corrected chi connectivity index (χ4v) is 3.18. The summed E-state index contributed by atoms with van der Waals surface area (Å²) < 4.78 is 0. The summed E-state index contributed by atoms with van der Waals surface area (Å²) >= 11 is 0. The number of hydrogen-bond acceptors (Lipinski definition) is 4. The number of aliphatic hydroxyl groups is 1. The molecule has 0 amide bonds.